The smallest absolute Gasteiger partial charge is 0.234 e. The van der Waals surface area contributed by atoms with Crippen LogP contribution in [0.3, 0.4) is 0 Å². The molecule has 0 bridgehead atoms. The molecular formula is C21H18BrNOS. The zero-order valence-electron chi connectivity index (χ0n) is 13.6. The van der Waals surface area contributed by atoms with Crippen molar-refractivity contribution < 1.29 is 4.79 Å². The minimum Gasteiger partial charge on any atom is -0.325 e. The van der Waals surface area contributed by atoms with Gasteiger partial charge in [0.2, 0.25) is 5.91 Å². The Bertz CT molecular complexity index is 834. The second-order valence-electron chi connectivity index (χ2n) is 5.61. The van der Waals surface area contributed by atoms with E-state index in [1.165, 1.54) is 17.3 Å². The van der Waals surface area contributed by atoms with E-state index in [9.17, 15) is 4.79 Å². The number of halogens is 1. The van der Waals surface area contributed by atoms with E-state index in [2.05, 4.69) is 39.4 Å². The van der Waals surface area contributed by atoms with Crippen LogP contribution in [0, 0.1) is 0 Å². The molecule has 0 aliphatic rings. The summed E-state index contributed by atoms with van der Waals surface area (Å²) >= 11 is 4.95. The van der Waals surface area contributed by atoms with Gasteiger partial charge in [0.15, 0.2) is 0 Å². The minimum atomic E-state index is 0.00781. The van der Waals surface area contributed by atoms with Gasteiger partial charge in [-0.1, -0.05) is 64.5 Å². The van der Waals surface area contributed by atoms with E-state index in [1.807, 2.05) is 60.7 Å². The molecule has 1 N–H and O–H groups in total. The van der Waals surface area contributed by atoms with E-state index < -0.39 is 0 Å². The first-order valence-electron chi connectivity index (χ1n) is 8.01. The normalized spacial score (nSPS) is 10.4. The topological polar surface area (TPSA) is 29.1 Å². The van der Waals surface area contributed by atoms with Crippen molar-refractivity contribution in [1.29, 1.82) is 0 Å². The van der Waals surface area contributed by atoms with E-state index in [0.717, 1.165) is 27.0 Å². The lowest BCUT2D eigenvalue weighted by Gasteiger charge is -2.11. The number of anilines is 1. The quantitative estimate of drug-likeness (QED) is 0.521. The van der Waals surface area contributed by atoms with Crippen LogP contribution in [0.2, 0.25) is 0 Å². The van der Waals surface area contributed by atoms with Crippen LogP contribution in [-0.2, 0) is 11.2 Å². The van der Waals surface area contributed by atoms with Crippen LogP contribution in [-0.4, -0.2) is 11.7 Å². The molecule has 3 aromatic rings. The first-order chi connectivity index (χ1) is 12.2. The van der Waals surface area contributed by atoms with E-state index in [1.54, 1.807) is 0 Å². The van der Waals surface area contributed by atoms with Crippen molar-refractivity contribution in [3.63, 3.8) is 0 Å². The fraction of sp³-hybridized carbons (Fsp3) is 0.0952. The fourth-order valence-corrected chi connectivity index (χ4v) is 3.44. The van der Waals surface area contributed by atoms with Crippen molar-refractivity contribution >= 4 is 39.3 Å². The fourth-order valence-electron chi connectivity index (χ4n) is 2.48. The maximum Gasteiger partial charge on any atom is 0.234 e. The average Bonchev–Trinajstić information content (AvgIpc) is 2.64. The molecule has 126 valence electrons. The largest absolute Gasteiger partial charge is 0.325 e. The number of benzene rings is 3. The van der Waals surface area contributed by atoms with E-state index >= 15 is 0 Å². The summed E-state index contributed by atoms with van der Waals surface area (Å²) in [7, 11) is 0. The summed E-state index contributed by atoms with van der Waals surface area (Å²) in [5.41, 5.74) is 3.23. The Morgan fingerprint density at radius 3 is 2.32 bits per heavy atom. The lowest BCUT2D eigenvalue weighted by atomic mass is 10.0. The van der Waals surface area contributed by atoms with E-state index in [-0.39, 0.29) is 5.91 Å². The van der Waals surface area contributed by atoms with Crippen LogP contribution in [0.4, 0.5) is 5.69 Å². The van der Waals surface area contributed by atoms with Gasteiger partial charge in [-0.25, -0.2) is 0 Å². The summed E-state index contributed by atoms with van der Waals surface area (Å²) in [5, 5.41) is 3.04. The zero-order valence-corrected chi connectivity index (χ0v) is 16.0. The van der Waals surface area contributed by atoms with Gasteiger partial charge in [0.25, 0.3) is 0 Å². The molecule has 0 aliphatic heterocycles. The summed E-state index contributed by atoms with van der Waals surface area (Å²) in [6.07, 6.45) is 0.803. The molecule has 3 aromatic carbocycles. The Labute approximate surface area is 160 Å². The second kappa shape index (κ2) is 8.88. The third-order valence-electron chi connectivity index (χ3n) is 3.71. The van der Waals surface area contributed by atoms with Crippen molar-refractivity contribution in [2.45, 2.75) is 11.3 Å². The monoisotopic (exact) mass is 411 g/mol. The van der Waals surface area contributed by atoms with Gasteiger partial charge in [-0.3, -0.25) is 4.79 Å². The van der Waals surface area contributed by atoms with Crippen molar-refractivity contribution in [1.82, 2.24) is 0 Å². The molecule has 0 aliphatic carbocycles. The van der Waals surface area contributed by atoms with Gasteiger partial charge in [0, 0.05) is 15.1 Å². The highest BCUT2D eigenvalue weighted by atomic mass is 79.9. The van der Waals surface area contributed by atoms with Gasteiger partial charge < -0.3 is 5.32 Å². The standard InChI is InChI=1S/C21H18BrNOS/c22-18-10-12-19(13-11-18)25-15-21(24)23-20-9-5-4-8-17(20)14-16-6-2-1-3-7-16/h1-13H,14-15H2,(H,23,24). The molecule has 0 radical (unpaired) electrons. The van der Waals surface area contributed by atoms with Crippen LogP contribution < -0.4 is 5.32 Å². The van der Waals surface area contributed by atoms with Crippen molar-refractivity contribution in [3.05, 3.63) is 94.5 Å². The lowest BCUT2D eigenvalue weighted by Crippen LogP contribution is -2.15. The molecule has 0 fully saturated rings. The average molecular weight is 412 g/mol. The van der Waals surface area contributed by atoms with Gasteiger partial charge in [-0.2, -0.15) is 0 Å². The number of carbonyl (C=O) groups excluding carboxylic acids is 1. The van der Waals surface area contributed by atoms with Crippen molar-refractivity contribution in [2.24, 2.45) is 0 Å². The summed E-state index contributed by atoms with van der Waals surface area (Å²) in [4.78, 5) is 13.4. The molecule has 3 rings (SSSR count). The number of thioether (sulfide) groups is 1. The van der Waals surface area contributed by atoms with Gasteiger partial charge in [0.1, 0.15) is 0 Å². The molecule has 0 spiro atoms. The summed E-state index contributed by atoms with van der Waals surface area (Å²) < 4.78 is 1.04. The predicted octanol–water partition coefficient (Wildman–Crippen LogP) is 5.77. The molecule has 0 saturated heterocycles. The van der Waals surface area contributed by atoms with E-state index in [4.69, 9.17) is 0 Å². The second-order valence-corrected chi connectivity index (χ2v) is 7.57. The first kappa shape index (κ1) is 17.8. The number of rotatable bonds is 6. The summed E-state index contributed by atoms with van der Waals surface area (Å²) in [6, 6.07) is 26.2. The summed E-state index contributed by atoms with van der Waals surface area (Å²) in [5.74, 6) is 0.398. The van der Waals surface area contributed by atoms with Gasteiger partial charge in [-0.05, 0) is 47.9 Å². The highest BCUT2D eigenvalue weighted by molar-refractivity contribution is 9.10. The minimum absolute atomic E-state index is 0.00781. The van der Waals surface area contributed by atoms with Crippen LogP contribution in [0.15, 0.2) is 88.2 Å². The highest BCUT2D eigenvalue weighted by Crippen LogP contribution is 2.22. The Morgan fingerprint density at radius 1 is 0.880 bits per heavy atom. The molecule has 0 saturated carbocycles. The third-order valence-corrected chi connectivity index (χ3v) is 5.25. The van der Waals surface area contributed by atoms with Gasteiger partial charge >= 0.3 is 0 Å². The Hall–Kier alpha value is -2.04. The number of hydrogen-bond donors (Lipinski definition) is 1. The van der Waals surface area contributed by atoms with E-state index in [0.29, 0.717) is 5.75 Å². The number of hydrogen-bond acceptors (Lipinski definition) is 2. The number of para-hydroxylation sites is 1. The van der Waals surface area contributed by atoms with Crippen molar-refractivity contribution in [3.8, 4) is 0 Å². The molecular weight excluding hydrogens is 394 g/mol. The highest BCUT2D eigenvalue weighted by Gasteiger charge is 2.08. The van der Waals surface area contributed by atoms with Gasteiger partial charge in [0.05, 0.1) is 5.75 Å². The number of nitrogens with one attached hydrogen (secondary N) is 1. The van der Waals surface area contributed by atoms with Crippen LogP contribution in [0.1, 0.15) is 11.1 Å². The maximum absolute atomic E-state index is 12.3. The zero-order chi connectivity index (χ0) is 17.5. The lowest BCUT2D eigenvalue weighted by molar-refractivity contribution is -0.113. The molecule has 4 heteroatoms. The van der Waals surface area contributed by atoms with Crippen LogP contribution >= 0.6 is 27.7 Å². The molecule has 2 nitrogen and oxygen atoms in total. The Kier molecular flexibility index (Phi) is 6.31. The SMILES string of the molecule is O=C(CSc1ccc(Br)cc1)Nc1ccccc1Cc1ccccc1. The first-order valence-corrected chi connectivity index (χ1v) is 9.78. The predicted molar refractivity (Wildman–Crippen MR) is 109 cm³/mol. The van der Waals surface area contributed by atoms with Crippen LogP contribution in [0.5, 0.6) is 0 Å². The molecule has 25 heavy (non-hydrogen) atoms. The van der Waals surface area contributed by atoms with Crippen molar-refractivity contribution in [2.75, 3.05) is 11.1 Å². The maximum atomic E-state index is 12.3. The summed E-state index contributed by atoms with van der Waals surface area (Å²) in [6.45, 7) is 0. The Balaban J connectivity index is 1.62. The molecule has 0 atom stereocenters. The molecule has 0 heterocycles. The third kappa shape index (κ3) is 5.48. The molecule has 0 aromatic heterocycles. The number of amides is 1. The molecule has 0 unspecified atom stereocenters. The van der Waals surface area contributed by atoms with Crippen LogP contribution in [0.25, 0.3) is 0 Å². The number of carbonyl (C=O) groups is 1. The van der Waals surface area contributed by atoms with Gasteiger partial charge in [-0.15, -0.1) is 11.8 Å². The Morgan fingerprint density at radius 2 is 1.56 bits per heavy atom. The molecule has 1 amide bonds.